The number of aryl methyl sites for hydroxylation is 1. The Morgan fingerprint density at radius 1 is 1.03 bits per heavy atom. The minimum Gasteiger partial charge on any atom is -0.326 e. The van der Waals surface area contributed by atoms with Gasteiger partial charge >= 0.3 is 0 Å². The maximum Gasteiger partial charge on any atom is 0.263 e. The van der Waals surface area contributed by atoms with Gasteiger partial charge in [0.25, 0.3) is 10.0 Å². The van der Waals surface area contributed by atoms with Gasteiger partial charge in [-0.3, -0.25) is 9.52 Å². The monoisotopic (exact) mass is 423 g/mol. The smallest absolute Gasteiger partial charge is 0.263 e. The number of carbonyl (C=O) groups is 1. The topological polar surface area (TPSA) is 88.2 Å². The molecule has 1 amide bonds. The fourth-order valence-electron chi connectivity index (χ4n) is 3.60. The molecule has 0 unspecified atom stereocenters. The van der Waals surface area contributed by atoms with E-state index in [0.717, 1.165) is 26.6 Å². The number of fused-ring (bicyclic) bond motifs is 4. The SMILES string of the molecule is O=C1CCCc2cc(S(=O)(=O)Nc3nc4c(ccc5ccccc54)s3)ccc2N1. The van der Waals surface area contributed by atoms with Gasteiger partial charge in [-0.25, -0.2) is 13.4 Å². The fourth-order valence-corrected chi connectivity index (χ4v) is 5.76. The first-order chi connectivity index (χ1) is 14.0. The van der Waals surface area contributed by atoms with Gasteiger partial charge < -0.3 is 5.32 Å². The Morgan fingerprint density at radius 3 is 2.79 bits per heavy atom. The number of nitrogens with zero attached hydrogens (tertiary/aromatic N) is 1. The van der Waals surface area contributed by atoms with Gasteiger partial charge in [0, 0.05) is 17.5 Å². The number of hydrogen-bond acceptors (Lipinski definition) is 5. The first-order valence-corrected chi connectivity index (χ1v) is 11.5. The molecule has 0 aliphatic carbocycles. The Balaban J connectivity index is 1.50. The molecule has 5 rings (SSSR count). The predicted molar refractivity (Wildman–Crippen MR) is 116 cm³/mol. The van der Waals surface area contributed by atoms with Crippen molar-refractivity contribution in [3.63, 3.8) is 0 Å². The number of rotatable bonds is 3. The Labute approximate surface area is 171 Å². The molecule has 0 atom stereocenters. The third-order valence-corrected chi connectivity index (χ3v) is 7.42. The van der Waals surface area contributed by atoms with Crippen LogP contribution < -0.4 is 10.0 Å². The van der Waals surface area contributed by atoms with Crippen LogP contribution in [0.25, 0.3) is 21.0 Å². The Morgan fingerprint density at radius 2 is 1.90 bits per heavy atom. The highest BCUT2D eigenvalue weighted by atomic mass is 32.2. The van der Waals surface area contributed by atoms with Gasteiger partial charge in [-0.2, -0.15) is 0 Å². The van der Waals surface area contributed by atoms with Crippen LogP contribution in [-0.4, -0.2) is 19.3 Å². The molecule has 0 spiro atoms. The van der Waals surface area contributed by atoms with E-state index in [-0.39, 0.29) is 10.8 Å². The van der Waals surface area contributed by atoms with E-state index >= 15 is 0 Å². The van der Waals surface area contributed by atoms with Crippen molar-refractivity contribution < 1.29 is 13.2 Å². The van der Waals surface area contributed by atoms with Gasteiger partial charge in [0.15, 0.2) is 5.13 Å². The summed E-state index contributed by atoms with van der Waals surface area (Å²) >= 11 is 1.31. The molecule has 1 aromatic heterocycles. The van der Waals surface area contributed by atoms with Gasteiger partial charge in [-0.1, -0.05) is 41.7 Å². The molecule has 29 heavy (non-hydrogen) atoms. The number of aromatic nitrogens is 1. The zero-order valence-electron chi connectivity index (χ0n) is 15.3. The third kappa shape index (κ3) is 3.34. The van der Waals surface area contributed by atoms with Crippen molar-refractivity contribution in [1.82, 2.24) is 4.98 Å². The molecule has 0 saturated heterocycles. The van der Waals surface area contributed by atoms with E-state index in [9.17, 15) is 13.2 Å². The molecular weight excluding hydrogens is 406 g/mol. The van der Waals surface area contributed by atoms with E-state index in [4.69, 9.17) is 0 Å². The Hall–Kier alpha value is -2.97. The highest BCUT2D eigenvalue weighted by Gasteiger charge is 2.20. The molecule has 1 aliphatic rings. The molecule has 3 aromatic carbocycles. The summed E-state index contributed by atoms with van der Waals surface area (Å²) in [5.74, 6) is -0.0424. The van der Waals surface area contributed by atoms with Crippen LogP contribution in [0.5, 0.6) is 0 Å². The summed E-state index contributed by atoms with van der Waals surface area (Å²) in [6.45, 7) is 0. The van der Waals surface area contributed by atoms with Crippen molar-refractivity contribution in [1.29, 1.82) is 0 Å². The van der Waals surface area contributed by atoms with E-state index in [0.29, 0.717) is 30.1 Å². The lowest BCUT2D eigenvalue weighted by molar-refractivity contribution is -0.116. The minimum absolute atomic E-state index is 0.0424. The number of sulfonamides is 1. The summed E-state index contributed by atoms with van der Waals surface area (Å²) in [5, 5.41) is 5.21. The highest BCUT2D eigenvalue weighted by molar-refractivity contribution is 7.93. The largest absolute Gasteiger partial charge is 0.326 e. The Bertz CT molecular complexity index is 1380. The normalized spacial score (nSPS) is 14.4. The van der Waals surface area contributed by atoms with E-state index in [1.807, 2.05) is 36.4 Å². The van der Waals surface area contributed by atoms with Crippen LogP contribution in [0.15, 0.2) is 59.5 Å². The predicted octanol–water partition coefficient (Wildman–Crippen LogP) is 4.53. The van der Waals surface area contributed by atoms with Crippen LogP contribution in [0.3, 0.4) is 0 Å². The van der Waals surface area contributed by atoms with Gasteiger partial charge in [0.1, 0.15) is 0 Å². The quantitative estimate of drug-likeness (QED) is 0.507. The lowest BCUT2D eigenvalue weighted by Gasteiger charge is -2.10. The van der Waals surface area contributed by atoms with Crippen LogP contribution in [0.4, 0.5) is 10.8 Å². The third-order valence-electron chi connectivity index (χ3n) is 5.02. The molecule has 4 aromatic rings. The average Bonchev–Trinajstić information content (AvgIpc) is 3.01. The maximum atomic E-state index is 12.9. The van der Waals surface area contributed by atoms with Crippen LogP contribution in [0.1, 0.15) is 18.4 Å². The summed E-state index contributed by atoms with van der Waals surface area (Å²) < 4.78 is 29.4. The lowest BCUT2D eigenvalue weighted by Crippen LogP contribution is -2.14. The second-order valence-electron chi connectivity index (χ2n) is 6.98. The molecule has 8 heteroatoms. The van der Waals surface area contributed by atoms with E-state index < -0.39 is 10.0 Å². The lowest BCUT2D eigenvalue weighted by atomic mass is 10.1. The van der Waals surface area contributed by atoms with Crippen molar-refractivity contribution in [3.8, 4) is 0 Å². The van der Waals surface area contributed by atoms with Gasteiger partial charge in [0.05, 0.1) is 15.1 Å². The van der Waals surface area contributed by atoms with Crippen molar-refractivity contribution in [2.45, 2.75) is 24.2 Å². The zero-order valence-corrected chi connectivity index (χ0v) is 16.9. The van der Waals surface area contributed by atoms with Crippen LogP contribution in [0.2, 0.25) is 0 Å². The minimum atomic E-state index is -3.79. The van der Waals surface area contributed by atoms with Crippen molar-refractivity contribution in [3.05, 3.63) is 60.2 Å². The van der Waals surface area contributed by atoms with Crippen molar-refractivity contribution in [2.75, 3.05) is 10.0 Å². The zero-order chi connectivity index (χ0) is 20.0. The fraction of sp³-hybridized carbons (Fsp3) is 0.143. The molecule has 0 bridgehead atoms. The van der Waals surface area contributed by atoms with Crippen molar-refractivity contribution >= 4 is 59.1 Å². The number of benzene rings is 3. The van der Waals surface area contributed by atoms with Gasteiger partial charge in [-0.15, -0.1) is 0 Å². The van der Waals surface area contributed by atoms with Crippen LogP contribution in [0, 0.1) is 0 Å². The molecule has 0 fully saturated rings. The number of thiazole rings is 1. The number of carbonyl (C=O) groups excluding carboxylic acids is 1. The summed E-state index contributed by atoms with van der Waals surface area (Å²) in [6.07, 6.45) is 1.79. The second kappa shape index (κ2) is 6.82. The standard InChI is InChI=1S/C21H17N3O3S2/c25-19-7-3-5-14-12-15(9-10-17(14)22-19)29(26,27)24-21-23-20-16-6-2-1-4-13(16)8-11-18(20)28-21/h1-2,4,6,8-12H,3,5,7H2,(H,22,25)(H,23,24). The molecule has 0 saturated carbocycles. The van der Waals surface area contributed by atoms with E-state index in [1.54, 1.807) is 12.1 Å². The Kier molecular flexibility index (Phi) is 4.25. The molecule has 1 aliphatic heterocycles. The molecule has 6 nitrogen and oxygen atoms in total. The number of amides is 1. The second-order valence-corrected chi connectivity index (χ2v) is 9.69. The van der Waals surface area contributed by atoms with Crippen molar-refractivity contribution in [2.24, 2.45) is 0 Å². The number of anilines is 2. The number of hydrogen-bond donors (Lipinski definition) is 2. The average molecular weight is 424 g/mol. The molecule has 0 radical (unpaired) electrons. The first-order valence-electron chi connectivity index (χ1n) is 9.23. The molecule has 146 valence electrons. The van der Waals surface area contributed by atoms with Gasteiger partial charge in [-0.05, 0) is 48.1 Å². The van der Waals surface area contributed by atoms with E-state index in [1.165, 1.54) is 17.4 Å². The van der Waals surface area contributed by atoms with Crippen LogP contribution in [-0.2, 0) is 21.2 Å². The maximum absolute atomic E-state index is 12.9. The first kappa shape index (κ1) is 18.1. The summed E-state index contributed by atoms with van der Waals surface area (Å²) in [5.41, 5.74) is 2.29. The molecule has 2 heterocycles. The van der Waals surface area contributed by atoms with E-state index in [2.05, 4.69) is 15.0 Å². The molecule has 2 N–H and O–H groups in total. The highest BCUT2D eigenvalue weighted by Crippen LogP contribution is 2.33. The molecular formula is C21H17N3O3S2. The summed E-state index contributed by atoms with van der Waals surface area (Å²) in [6, 6.07) is 16.7. The van der Waals surface area contributed by atoms with Crippen LogP contribution >= 0.6 is 11.3 Å². The summed E-state index contributed by atoms with van der Waals surface area (Å²) in [7, 11) is -3.79. The number of nitrogens with one attached hydrogen (secondary N) is 2. The van der Waals surface area contributed by atoms with Gasteiger partial charge in [0.2, 0.25) is 5.91 Å². The summed E-state index contributed by atoms with van der Waals surface area (Å²) in [4.78, 5) is 16.4.